The molecule has 0 bridgehead atoms. The summed E-state index contributed by atoms with van der Waals surface area (Å²) in [6.45, 7) is 5.44. The predicted molar refractivity (Wildman–Crippen MR) is 90.3 cm³/mol. The summed E-state index contributed by atoms with van der Waals surface area (Å²) in [5.41, 5.74) is 1.29. The van der Waals surface area contributed by atoms with E-state index in [2.05, 4.69) is 34.9 Å². The van der Waals surface area contributed by atoms with Crippen molar-refractivity contribution in [3.8, 4) is 0 Å². The summed E-state index contributed by atoms with van der Waals surface area (Å²) in [6.07, 6.45) is 6.57. The Bertz CT molecular complexity index is 469. The Balaban J connectivity index is 1.51. The van der Waals surface area contributed by atoms with Gasteiger partial charge in [0, 0.05) is 44.0 Å². The number of rotatable bonds is 7. The number of fused-ring (bicyclic) bond motifs is 1. The van der Waals surface area contributed by atoms with Crippen LogP contribution >= 0.6 is 0 Å². The summed E-state index contributed by atoms with van der Waals surface area (Å²) in [7, 11) is 4.16. The lowest BCUT2D eigenvalue weighted by Crippen LogP contribution is -2.50. The zero-order valence-corrected chi connectivity index (χ0v) is 14.4. The van der Waals surface area contributed by atoms with E-state index >= 15 is 0 Å². The molecule has 0 aromatic carbocycles. The van der Waals surface area contributed by atoms with E-state index in [0.717, 1.165) is 39.5 Å². The summed E-state index contributed by atoms with van der Waals surface area (Å²) in [5.74, 6) is 0.541. The van der Waals surface area contributed by atoms with Gasteiger partial charge in [-0.2, -0.15) is 0 Å². The highest BCUT2D eigenvalue weighted by Gasteiger charge is 2.42. The summed E-state index contributed by atoms with van der Waals surface area (Å²) >= 11 is 0. The van der Waals surface area contributed by atoms with Gasteiger partial charge in [0.05, 0.1) is 25.9 Å². The van der Waals surface area contributed by atoms with Gasteiger partial charge in [-0.15, -0.1) is 0 Å². The molecule has 5 heteroatoms. The van der Waals surface area contributed by atoms with Crippen LogP contribution in [-0.4, -0.2) is 73.9 Å². The summed E-state index contributed by atoms with van der Waals surface area (Å²) < 4.78 is 12.0. The van der Waals surface area contributed by atoms with Crippen LogP contribution in [-0.2, 0) is 16.0 Å². The Morgan fingerprint density at radius 2 is 2.30 bits per heavy atom. The topological polar surface area (TPSA) is 37.8 Å². The second kappa shape index (κ2) is 8.20. The highest BCUT2D eigenvalue weighted by molar-refractivity contribution is 5.09. The minimum Gasteiger partial charge on any atom is -0.380 e. The van der Waals surface area contributed by atoms with E-state index in [1.165, 1.54) is 18.4 Å². The molecule has 1 saturated carbocycles. The number of ether oxygens (including phenoxy) is 2. The molecule has 0 amide bonds. The Labute approximate surface area is 139 Å². The van der Waals surface area contributed by atoms with Gasteiger partial charge < -0.3 is 14.4 Å². The minimum atomic E-state index is 0.333. The van der Waals surface area contributed by atoms with Crippen molar-refractivity contribution in [2.75, 3.05) is 47.0 Å². The minimum absolute atomic E-state index is 0.333. The molecule has 2 fully saturated rings. The van der Waals surface area contributed by atoms with Crippen LogP contribution in [0.15, 0.2) is 24.5 Å². The van der Waals surface area contributed by atoms with Crippen molar-refractivity contribution in [2.45, 2.75) is 31.5 Å². The predicted octanol–water partition coefficient (Wildman–Crippen LogP) is 1.64. The number of likely N-dealkylation sites (N-methyl/N-ethyl adjacent to an activating group) is 1. The second-order valence-electron chi connectivity index (χ2n) is 6.95. The van der Waals surface area contributed by atoms with Crippen LogP contribution in [0, 0.1) is 5.92 Å². The van der Waals surface area contributed by atoms with E-state index in [4.69, 9.17) is 9.47 Å². The van der Waals surface area contributed by atoms with Crippen LogP contribution in [0.5, 0.6) is 0 Å². The largest absolute Gasteiger partial charge is 0.380 e. The van der Waals surface area contributed by atoms with Crippen molar-refractivity contribution in [2.24, 2.45) is 5.92 Å². The zero-order valence-electron chi connectivity index (χ0n) is 14.4. The van der Waals surface area contributed by atoms with E-state index in [0.29, 0.717) is 18.1 Å². The van der Waals surface area contributed by atoms with Gasteiger partial charge in [-0.3, -0.25) is 9.88 Å². The van der Waals surface area contributed by atoms with Gasteiger partial charge in [0.15, 0.2) is 0 Å². The van der Waals surface area contributed by atoms with E-state index < -0.39 is 0 Å². The molecule has 128 valence electrons. The molecule has 0 radical (unpaired) electrons. The third-order valence-corrected chi connectivity index (χ3v) is 4.96. The fourth-order valence-corrected chi connectivity index (χ4v) is 3.72. The van der Waals surface area contributed by atoms with Crippen LogP contribution in [0.1, 0.15) is 18.4 Å². The van der Waals surface area contributed by atoms with Crippen molar-refractivity contribution in [3.05, 3.63) is 30.1 Å². The van der Waals surface area contributed by atoms with E-state index in [1.807, 2.05) is 18.5 Å². The number of aromatic nitrogens is 1. The SMILES string of the molecule is CN(C)CCOC[C@@H]1CC[C@@H]2[C@@H]1OCCN2Cc1cccnc1. The van der Waals surface area contributed by atoms with E-state index in [-0.39, 0.29) is 0 Å². The molecule has 1 aromatic rings. The molecular weight excluding hydrogens is 290 g/mol. The highest BCUT2D eigenvalue weighted by atomic mass is 16.5. The first-order chi connectivity index (χ1) is 11.2. The molecule has 0 spiro atoms. The van der Waals surface area contributed by atoms with Crippen LogP contribution in [0.2, 0.25) is 0 Å². The van der Waals surface area contributed by atoms with Crippen molar-refractivity contribution in [1.29, 1.82) is 0 Å². The first-order valence-corrected chi connectivity index (χ1v) is 8.71. The van der Waals surface area contributed by atoms with Crippen molar-refractivity contribution in [3.63, 3.8) is 0 Å². The summed E-state index contributed by atoms with van der Waals surface area (Å²) in [5, 5.41) is 0. The molecule has 0 N–H and O–H groups in total. The lowest BCUT2D eigenvalue weighted by atomic mass is 10.0. The summed E-state index contributed by atoms with van der Waals surface area (Å²) in [6, 6.07) is 4.71. The third-order valence-electron chi connectivity index (χ3n) is 4.96. The quantitative estimate of drug-likeness (QED) is 0.714. The number of hydrogen-bond donors (Lipinski definition) is 0. The molecule has 1 aliphatic carbocycles. The molecule has 3 rings (SSSR count). The number of pyridine rings is 1. The molecule has 5 nitrogen and oxygen atoms in total. The standard InChI is InChI=1S/C18H29N3O2/c1-20(2)8-10-22-14-16-5-6-17-18(16)23-11-9-21(17)13-15-4-3-7-19-12-15/h3-4,7,12,16-18H,5-6,8-11,13-14H2,1-2H3/t16-,17+,18+/m0/s1. The van der Waals surface area contributed by atoms with Gasteiger partial charge >= 0.3 is 0 Å². The molecule has 1 aliphatic heterocycles. The van der Waals surface area contributed by atoms with E-state index in [1.54, 1.807) is 0 Å². The van der Waals surface area contributed by atoms with Gasteiger partial charge in [-0.25, -0.2) is 0 Å². The maximum absolute atomic E-state index is 6.11. The highest BCUT2D eigenvalue weighted by Crippen LogP contribution is 2.35. The molecular formula is C18H29N3O2. The van der Waals surface area contributed by atoms with Gasteiger partial charge in [0.25, 0.3) is 0 Å². The molecule has 1 saturated heterocycles. The van der Waals surface area contributed by atoms with Gasteiger partial charge in [-0.1, -0.05) is 6.07 Å². The summed E-state index contributed by atoms with van der Waals surface area (Å²) in [4.78, 5) is 8.96. The van der Waals surface area contributed by atoms with Crippen molar-refractivity contribution < 1.29 is 9.47 Å². The maximum Gasteiger partial charge on any atom is 0.0781 e. The maximum atomic E-state index is 6.11. The average molecular weight is 319 g/mol. The lowest BCUT2D eigenvalue weighted by Gasteiger charge is -2.39. The van der Waals surface area contributed by atoms with Crippen molar-refractivity contribution >= 4 is 0 Å². The number of hydrogen-bond acceptors (Lipinski definition) is 5. The number of nitrogens with zero attached hydrogens (tertiary/aromatic N) is 3. The second-order valence-corrected chi connectivity index (χ2v) is 6.95. The molecule has 1 aromatic heterocycles. The Morgan fingerprint density at radius 1 is 1.39 bits per heavy atom. The molecule has 23 heavy (non-hydrogen) atoms. The Kier molecular flexibility index (Phi) is 6.00. The zero-order chi connectivity index (χ0) is 16.1. The molecule has 0 unspecified atom stereocenters. The number of morpholine rings is 1. The fraction of sp³-hybridized carbons (Fsp3) is 0.722. The van der Waals surface area contributed by atoms with Crippen LogP contribution in [0.3, 0.4) is 0 Å². The van der Waals surface area contributed by atoms with Crippen LogP contribution in [0.4, 0.5) is 0 Å². The molecule has 2 heterocycles. The molecule has 2 aliphatic rings. The lowest BCUT2D eigenvalue weighted by molar-refractivity contribution is -0.0883. The monoisotopic (exact) mass is 319 g/mol. The van der Waals surface area contributed by atoms with Crippen LogP contribution in [0.25, 0.3) is 0 Å². The Morgan fingerprint density at radius 3 is 3.09 bits per heavy atom. The third kappa shape index (κ3) is 4.51. The van der Waals surface area contributed by atoms with Gasteiger partial charge in [-0.05, 0) is 38.6 Å². The molecule has 3 atom stereocenters. The van der Waals surface area contributed by atoms with Crippen molar-refractivity contribution in [1.82, 2.24) is 14.8 Å². The van der Waals surface area contributed by atoms with E-state index in [9.17, 15) is 0 Å². The smallest absolute Gasteiger partial charge is 0.0781 e. The first kappa shape index (κ1) is 16.8. The fourth-order valence-electron chi connectivity index (χ4n) is 3.72. The Hall–Kier alpha value is -1.01. The van der Waals surface area contributed by atoms with Crippen LogP contribution < -0.4 is 0 Å². The van der Waals surface area contributed by atoms with Gasteiger partial charge in [0.2, 0.25) is 0 Å². The average Bonchev–Trinajstić information content (AvgIpc) is 2.97. The first-order valence-electron chi connectivity index (χ1n) is 8.71. The normalized spacial score (nSPS) is 28.2. The van der Waals surface area contributed by atoms with Gasteiger partial charge in [0.1, 0.15) is 0 Å².